The van der Waals surface area contributed by atoms with Gasteiger partial charge in [-0.1, -0.05) is 6.92 Å². The summed E-state index contributed by atoms with van der Waals surface area (Å²) in [5, 5.41) is 8.99. The van der Waals surface area contributed by atoms with Crippen LogP contribution in [0.15, 0.2) is 0 Å². The maximum atomic E-state index is 10.7. The zero-order chi connectivity index (χ0) is 7.98. The number of Topliss-reactive ketones (excluding diaryl/α,β-unsaturated/α-hetero) is 1. The summed E-state index contributed by atoms with van der Waals surface area (Å²) in [6.07, 6.45) is 5.22. The van der Waals surface area contributed by atoms with Crippen LogP contribution >= 0.6 is 0 Å². The molecular weight excluding hydrogens is 128 g/mol. The molecule has 0 aromatic heterocycles. The van der Waals surface area contributed by atoms with E-state index in [4.69, 9.17) is 11.5 Å². The zero-order valence-electron chi connectivity index (χ0n) is 6.13. The van der Waals surface area contributed by atoms with E-state index in [0.717, 1.165) is 0 Å². The minimum atomic E-state index is -0.641. The van der Waals surface area contributed by atoms with Crippen molar-refractivity contribution < 1.29 is 9.90 Å². The average molecular weight is 140 g/mol. The van der Waals surface area contributed by atoms with E-state index in [1.807, 2.05) is 0 Å². The van der Waals surface area contributed by atoms with E-state index >= 15 is 0 Å². The number of rotatable bonds is 4. The van der Waals surface area contributed by atoms with Gasteiger partial charge in [-0.15, -0.1) is 12.3 Å². The Labute approximate surface area is 61.2 Å². The maximum Gasteiger partial charge on any atom is 0.135 e. The number of aliphatic hydroxyl groups is 1. The van der Waals surface area contributed by atoms with Gasteiger partial charge in [0.15, 0.2) is 0 Å². The van der Waals surface area contributed by atoms with Crippen molar-refractivity contribution in [1.29, 1.82) is 0 Å². The second-order valence-electron chi connectivity index (χ2n) is 2.16. The molecule has 56 valence electrons. The first-order valence-electron chi connectivity index (χ1n) is 3.34. The molecular formula is C8H12O2. The second-order valence-corrected chi connectivity index (χ2v) is 2.16. The topological polar surface area (TPSA) is 37.3 Å². The lowest BCUT2D eigenvalue weighted by molar-refractivity contribution is -0.120. The number of ketones is 1. The molecule has 0 amide bonds. The molecule has 0 spiro atoms. The standard InChI is InChI=1S/C8H12O2/c1-3-5-8(10)6-7(9)4-2/h1,8,10H,4-6H2,2H3. The fraction of sp³-hybridized carbons (Fsp3) is 0.625. The minimum Gasteiger partial charge on any atom is -0.392 e. The minimum absolute atomic E-state index is 0.0581. The number of hydrogen-bond donors (Lipinski definition) is 1. The molecule has 0 heterocycles. The van der Waals surface area contributed by atoms with E-state index in [1.165, 1.54) is 0 Å². The van der Waals surface area contributed by atoms with Crippen LogP contribution in [-0.4, -0.2) is 17.0 Å². The molecule has 0 saturated carbocycles. The first kappa shape index (κ1) is 9.19. The van der Waals surface area contributed by atoms with E-state index in [0.29, 0.717) is 6.42 Å². The van der Waals surface area contributed by atoms with Crippen LogP contribution in [0.3, 0.4) is 0 Å². The van der Waals surface area contributed by atoms with Crippen molar-refractivity contribution in [2.45, 2.75) is 32.3 Å². The van der Waals surface area contributed by atoms with Crippen LogP contribution < -0.4 is 0 Å². The third kappa shape index (κ3) is 4.11. The summed E-state index contributed by atoms with van der Waals surface area (Å²) in [5.41, 5.74) is 0. The predicted molar refractivity (Wildman–Crippen MR) is 39.4 cm³/mol. The number of aliphatic hydroxyl groups excluding tert-OH is 1. The maximum absolute atomic E-state index is 10.7. The lowest BCUT2D eigenvalue weighted by Crippen LogP contribution is -2.11. The summed E-state index contributed by atoms with van der Waals surface area (Å²) < 4.78 is 0. The van der Waals surface area contributed by atoms with Crippen molar-refractivity contribution >= 4 is 5.78 Å². The lowest BCUT2D eigenvalue weighted by Gasteiger charge is -2.02. The summed E-state index contributed by atoms with van der Waals surface area (Å²) in [6.45, 7) is 1.77. The van der Waals surface area contributed by atoms with E-state index in [2.05, 4.69) is 5.92 Å². The van der Waals surface area contributed by atoms with Crippen LogP contribution in [0.1, 0.15) is 26.2 Å². The van der Waals surface area contributed by atoms with Gasteiger partial charge in [0.1, 0.15) is 5.78 Å². The highest BCUT2D eigenvalue weighted by molar-refractivity contribution is 5.78. The van der Waals surface area contributed by atoms with Crippen molar-refractivity contribution in [3.63, 3.8) is 0 Å². The number of carbonyl (C=O) groups is 1. The average Bonchev–Trinajstić information content (AvgIpc) is 1.88. The van der Waals surface area contributed by atoms with Gasteiger partial charge in [-0.2, -0.15) is 0 Å². The third-order valence-electron chi connectivity index (χ3n) is 1.21. The molecule has 1 atom stereocenters. The van der Waals surface area contributed by atoms with E-state index in [1.54, 1.807) is 6.92 Å². The molecule has 2 heteroatoms. The van der Waals surface area contributed by atoms with E-state index < -0.39 is 6.10 Å². The summed E-state index contributed by atoms with van der Waals surface area (Å²) >= 11 is 0. The van der Waals surface area contributed by atoms with Crippen LogP contribution in [-0.2, 0) is 4.79 Å². The number of hydrogen-bond acceptors (Lipinski definition) is 2. The SMILES string of the molecule is C#CCC(O)CC(=O)CC. The molecule has 0 radical (unpaired) electrons. The number of terminal acetylenes is 1. The molecule has 0 rings (SSSR count). The van der Waals surface area contributed by atoms with Crippen molar-refractivity contribution in [2.75, 3.05) is 0 Å². The highest BCUT2D eigenvalue weighted by atomic mass is 16.3. The molecule has 0 bridgehead atoms. The summed E-state index contributed by atoms with van der Waals surface area (Å²) in [5.74, 6) is 2.35. The molecule has 0 saturated heterocycles. The molecule has 0 aromatic rings. The first-order valence-corrected chi connectivity index (χ1v) is 3.34. The normalized spacial score (nSPS) is 12.1. The van der Waals surface area contributed by atoms with Crippen LogP contribution in [0.5, 0.6) is 0 Å². The Hall–Kier alpha value is -0.810. The van der Waals surface area contributed by atoms with Crippen molar-refractivity contribution in [2.24, 2.45) is 0 Å². The Morgan fingerprint density at radius 1 is 1.80 bits per heavy atom. The highest BCUT2D eigenvalue weighted by Gasteiger charge is 2.06. The van der Waals surface area contributed by atoms with E-state index in [9.17, 15) is 4.79 Å². The fourth-order valence-corrected chi connectivity index (χ4v) is 0.615. The molecule has 1 N–H and O–H groups in total. The van der Waals surface area contributed by atoms with E-state index in [-0.39, 0.29) is 18.6 Å². The summed E-state index contributed by atoms with van der Waals surface area (Å²) in [4.78, 5) is 10.7. The van der Waals surface area contributed by atoms with Gasteiger partial charge < -0.3 is 5.11 Å². The zero-order valence-corrected chi connectivity index (χ0v) is 6.13. The highest BCUT2D eigenvalue weighted by Crippen LogP contribution is 1.99. The second kappa shape index (κ2) is 5.01. The van der Waals surface area contributed by atoms with Gasteiger partial charge >= 0.3 is 0 Å². The Morgan fingerprint density at radius 3 is 2.80 bits per heavy atom. The van der Waals surface area contributed by atoms with Crippen molar-refractivity contribution in [1.82, 2.24) is 0 Å². The quantitative estimate of drug-likeness (QED) is 0.585. The first-order chi connectivity index (χ1) is 4.70. The number of carbonyl (C=O) groups excluding carboxylic acids is 1. The van der Waals surface area contributed by atoms with Gasteiger partial charge in [0, 0.05) is 19.3 Å². The Kier molecular flexibility index (Phi) is 4.61. The molecule has 10 heavy (non-hydrogen) atoms. The molecule has 0 aliphatic heterocycles. The van der Waals surface area contributed by atoms with Gasteiger partial charge in [-0.25, -0.2) is 0 Å². The lowest BCUT2D eigenvalue weighted by atomic mass is 10.1. The van der Waals surface area contributed by atoms with Crippen molar-refractivity contribution in [3.8, 4) is 12.3 Å². The molecule has 0 aliphatic rings. The molecule has 1 unspecified atom stereocenters. The van der Waals surface area contributed by atoms with Crippen LogP contribution in [0.2, 0.25) is 0 Å². The Balaban J connectivity index is 3.49. The molecule has 0 aromatic carbocycles. The van der Waals surface area contributed by atoms with Gasteiger partial charge in [-0.05, 0) is 0 Å². The van der Waals surface area contributed by atoms with Gasteiger partial charge in [0.2, 0.25) is 0 Å². The largest absolute Gasteiger partial charge is 0.392 e. The van der Waals surface area contributed by atoms with Crippen LogP contribution in [0, 0.1) is 12.3 Å². The predicted octanol–water partition coefficient (Wildman–Crippen LogP) is 0.740. The fourth-order valence-electron chi connectivity index (χ4n) is 0.615. The molecule has 2 nitrogen and oxygen atoms in total. The smallest absolute Gasteiger partial charge is 0.135 e. The Bertz CT molecular complexity index is 144. The summed E-state index contributed by atoms with van der Waals surface area (Å²) in [6, 6.07) is 0. The van der Waals surface area contributed by atoms with Crippen LogP contribution in [0.4, 0.5) is 0 Å². The molecule has 0 aliphatic carbocycles. The third-order valence-corrected chi connectivity index (χ3v) is 1.21. The summed E-state index contributed by atoms with van der Waals surface area (Å²) in [7, 11) is 0. The Morgan fingerprint density at radius 2 is 2.40 bits per heavy atom. The van der Waals surface area contributed by atoms with Gasteiger partial charge in [0.05, 0.1) is 6.10 Å². The molecule has 0 fully saturated rings. The monoisotopic (exact) mass is 140 g/mol. The van der Waals surface area contributed by atoms with Crippen molar-refractivity contribution in [3.05, 3.63) is 0 Å². The van der Waals surface area contributed by atoms with Crippen LogP contribution in [0.25, 0.3) is 0 Å². The van der Waals surface area contributed by atoms with Gasteiger partial charge in [-0.3, -0.25) is 4.79 Å². The van der Waals surface area contributed by atoms with Gasteiger partial charge in [0.25, 0.3) is 0 Å².